The van der Waals surface area contributed by atoms with Gasteiger partial charge in [-0.25, -0.2) is 0 Å². The van der Waals surface area contributed by atoms with Crippen LogP contribution >= 0.6 is 0 Å². The SMILES string of the molecule is CC(C)C(=O)N1[C@H]2CCCCC(=O)N[C@@]2(C)C[C@H]1c1cccc(C(F)(F)F)c1. The van der Waals surface area contributed by atoms with Crippen molar-refractivity contribution in [3.63, 3.8) is 0 Å². The fraction of sp³-hybridized carbons (Fsp3) is 0.619. The number of hydrogen-bond acceptors (Lipinski definition) is 2. The van der Waals surface area contributed by atoms with E-state index in [0.29, 0.717) is 18.4 Å². The van der Waals surface area contributed by atoms with Crippen LogP contribution < -0.4 is 5.32 Å². The van der Waals surface area contributed by atoms with Crippen LogP contribution in [0.5, 0.6) is 0 Å². The van der Waals surface area contributed by atoms with Gasteiger partial charge in [0.15, 0.2) is 0 Å². The van der Waals surface area contributed by atoms with Crippen LogP contribution in [0.3, 0.4) is 0 Å². The Morgan fingerprint density at radius 1 is 1.29 bits per heavy atom. The molecule has 0 bridgehead atoms. The maximum absolute atomic E-state index is 13.2. The van der Waals surface area contributed by atoms with E-state index in [9.17, 15) is 22.8 Å². The molecule has 1 N–H and O–H groups in total. The normalized spacial score (nSPS) is 28.5. The molecule has 28 heavy (non-hydrogen) atoms. The van der Waals surface area contributed by atoms with Gasteiger partial charge in [0.25, 0.3) is 0 Å². The summed E-state index contributed by atoms with van der Waals surface area (Å²) in [5.74, 6) is -0.434. The number of hydrogen-bond donors (Lipinski definition) is 1. The Balaban J connectivity index is 2.06. The number of nitrogens with one attached hydrogen (secondary N) is 1. The second-order valence-corrected chi connectivity index (χ2v) is 8.47. The highest BCUT2D eigenvalue weighted by Gasteiger charge is 2.52. The van der Waals surface area contributed by atoms with Crippen molar-refractivity contribution < 1.29 is 22.8 Å². The molecule has 0 aromatic heterocycles. The first-order valence-corrected chi connectivity index (χ1v) is 9.83. The van der Waals surface area contributed by atoms with Gasteiger partial charge in [0, 0.05) is 12.3 Å². The first kappa shape index (κ1) is 20.7. The minimum Gasteiger partial charge on any atom is -0.349 e. The molecule has 4 nitrogen and oxygen atoms in total. The third kappa shape index (κ3) is 3.89. The van der Waals surface area contributed by atoms with Crippen LogP contribution in [0.4, 0.5) is 13.2 Å². The Hall–Kier alpha value is -2.05. The molecule has 1 aromatic carbocycles. The standard InChI is InChI=1S/C21H27F3N2O2/c1-13(2)19(28)26-16(14-7-6-8-15(11-14)21(22,23)24)12-20(3)17(26)9-4-5-10-18(27)25-20/h6-8,11,13,16-17H,4-5,9-10,12H2,1-3H3,(H,25,27)/t16-,17-,20-/m0/s1. The fourth-order valence-electron chi connectivity index (χ4n) is 4.56. The highest BCUT2D eigenvalue weighted by molar-refractivity contribution is 5.81. The molecule has 0 saturated carbocycles. The maximum atomic E-state index is 13.2. The number of likely N-dealkylation sites (tertiary alicyclic amines) is 1. The van der Waals surface area contributed by atoms with Crippen LogP contribution in [-0.4, -0.2) is 28.3 Å². The number of carbonyl (C=O) groups excluding carboxylic acids is 2. The Morgan fingerprint density at radius 2 is 2.00 bits per heavy atom. The van der Waals surface area contributed by atoms with Crippen LogP contribution in [0.15, 0.2) is 24.3 Å². The zero-order valence-electron chi connectivity index (χ0n) is 16.5. The van der Waals surface area contributed by atoms with Crippen molar-refractivity contribution in [3.05, 3.63) is 35.4 Å². The monoisotopic (exact) mass is 396 g/mol. The smallest absolute Gasteiger partial charge is 0.349 e. The number of nitrogens with zero attached hydrogens (tertiary/aromatic N) is 1. The summed E-state index contributed by atoms with van der Waals surface area (Å²) in [6, 6.07) is 4.48. The Bertz CT molecular complexity index is 762. The predicted octanol–water partition coefficient (Wildman–Crippen LogP) is 4.45. The van der Waals surface area contributed by atoms with Crippen molar-refractivity contribution in [2.45, 2.75) is 76.7 Å². The van der Waals surface area contributed by atoms with Gasteiger partial charge < -0.3 is 10.2 Å². The van der Waals surface area contributed by atoms with Gasteiger partial charge >= 0.3 is 6.18 Å². The molecule has 2 amide bonds. The van der Waals surface area contributed by atoms with Crippen molar-refractivity contribution in [2.24, 2.45) is 5.92 Å². The minimum absolute atomic E-state index is 0.0613. The van der Waals surface area contributed by atoms with E-state index in [-0.39, 0.29) is 23.8 Å². The largest absolute Gasteiger partial charge is 0.416 e. The quantitative estimate of drug-likeness (QED) is 0.803. The molecule has 7 heteroatoms. The van der Waals surface area contributed by atoms with E-state index >= 15 is 0 Å². The van der Waals surface area contributed by atoms with E-state index in [0.717, 1.165) is 31.4 Å². The lowest BCUT2D eigenvalue weighted by atomic mass is 9.85. The first-order chi connectivity index (χ1) is 13.0. The number of rotatable bonds is 2. The molecule has 3 atom stereocenters. The van der Waals surface area contributed by atoms with Gasteiger partial charge in [-0.05, 0) is 43.9 Å². The van der Waals surface area contributed by atoms with Crippen molar-refractivity contribution >= 4 is 11.8 Å². The van der Waals surface area contributed by atoms with Crippen LogP contribution in [0.25, 0.3) is 0 Å². The number of alkyl halides is 3. The molecule has 1 aromatic rings. The molecule has 2 aliphatic heterocycles. The average molecular weight is 396 g/mol. The topological polar surface area (TPSA) is 49.4 Å². The lowest BCUT2D eigenvalue weighted by Crippen LogP contribution is -2.56. The summed E-state index contributed by atoms with van der Waals surface area (Å²) >= 11 is 0. The van der Waals surface area contributed by atoms with E-state index in [2.05, 4.69) is 5.32 Å². The molecule has 2 fully saturated rings. The van der Waals surface area contributed by atoms with E-state index < -0.39 is 23.3 Å². The molecule has 0 unspecified atom stereocenters. The summed E-state index contributed by atoms with van der Waals surface area (Å²) in [4.78, 5) is 27.1. The Kier molecular flexibility index (Phi) is 5.47. The molecule has 2 aliphatic rings. The fourth-order valence-corrected chi connectivity index (χ4v) is 4.56. The minimum atomic E-state index is -4.44. The van der Waals surface area contributed by atoms with E-state index in [1.165, 1.54) is 6.07 Å². The first-order valence-electron chi connectivity index (χ1n) is 9.83. The second kappa shape index (κ2) is 7.41. The van der Waals surface area contributed by atoms with Crippen LogP contribution in [-0.2, 0) is 15.8 Å². The molecule has 2 heterocycles. The molecular weight excluding hydrogens is 369 g/mol. The summed E-state index contributed by atoms with van der Waals surface area (Å²) in [7, 11) is 0. The van der Waals surface area contributed by atoms with Gasteiger partial charge in [-0.2, -0.15) is 13.2 Å². The van der Waals surface area contributed by atoms with E-state index in [1.807, 2.05) is 6.92 Å². The van der Waals surface area contributed by atoms with E-state index in [4.69, 9.17) is 0 Å². The summed E-state index contributed by atoms with van der Waals surface area (Å²) in [6.45, 7) is 5.50. The predicted molar refractivity (Wildman–Crippen MR) is 99.3 cm³/mol. The van der Waals surface area contributed by atoms with Gasteiger partial charge in [0.1, 0.15) is 0 Å². The summed E-state index contributed by atoms with van der Waals surface area (Å²) < 4.78 is 39.7. The third-order valence-corrected chi connectivity index (χ3v) is 5.93. The molecule has 0 spiro atoms. The van der Waals surface area contributed by atoms with Crippen molar-refractivity contribution in [2.75, 3.05) is 0 Å². The number of carbonyl (C=O) groups is 2. The lowest BCUT2D eigenvalue weighted by molar-refractivity contribution is -0.139. The third-order valence-electron chi connectivity index (χ3n) is 5.93. The maximum Gasteiger partial charge on any atom is 0.416 e. The molecule has 154 valence electrons. The molecule has 3 rings (SSSR count). The summed E-state index contributed by atoms with van der Waals surface area (Å²) in [5.41, 5.74) is -0.910. The lowest BCUT2D eigenvalue weighted by Gasteiger charge is -2.39. The van der Waals surface area contributed by atoms with Gasteiger partial charge in [0.2, 0.25) is 11.8 Å². The number of amides is 2. The molecule has 0 aliphatic carbocycles. The van der Waals surface area contributed by atoms with Gasteiger partial charge in [0.05, 0.1) is 23.2 Å². The number of fused-ring (bicyclic) bond motifs is 1. The van der Waals surface area contributed by atoms with Crippen molar-refractivity contribution in [1.29, 1.82) is 0 Å². The molecule has 0 radical (unpaired) electrons. The molecular formula is C21H27F3N2O2. The second-order valence-electron chi connectivity index (χ2n) is 8.47. The highest BCUT2D eigenvalue weighted by atomic mass is 19.4. The van der Waals surface area contributed by atoms with Crippen LogP contribution in [0.2, 0.25) is 0 Å². The summed E-state index contributed by atoms with van der Waals surface area (Å²) in [5, 5.41) is 3.07. The van der Waals surface area contributed by atoms with Crippen LogP contribution in [0, 0.1) is 5.92 Å². The van der Waals surface area contributed by atoms with Gasteiger partial charge in [-0.3, -0.25) is 9.59 Å². The van der Waals surface area contributed by atoms with Crippen molar-refractivity contribution in [3.8, 4) is 0 Å². The van der Waals surface area contributed by atoms with Gasteiger partial charge in [-0.1, -0.05) is 32.4 Å². The highest BCUT2D eigenvalue weighted by Crippen LogP contribution is 2.46. The molecule has 2 saturated heterocycles. The summed E-state index contributed by atoms with van der Waals surface area (Å²) in [6.07, 6.45) is -1.31. The van der Waals surface area contributed by atoms with Gasteiger partial charge in [-0.15, -0.1) is 0 Å². The van der Waals surface area contributed by atoms with E-state index in [1.54, 1.807) is 24.8 Å². The number of halogens is 3. The average Bonchev–Trinajstić information content (AvgIpc) is 2.87. The number of benzene rings is 1. The Morgan fingerprint density at radius 3 is 2.64 bits per heavy atom. The zero-order valence-corrected chi connectivity index (χ0v) is 16.5. The zero-order chi connectivity index (χ0) is 20.7. The Labute approximate surface area is 163 Å². The van der Waals surface area contributed by atoms with Crippen LogP contribution in [0.1, 0.15) is 70.0 Å². The van der Waals surface area contributed by atoms with Crippen molar-refractivity contribution in [1.82, 2.24) is 10.2 Å².